The van der Waals surface area contributed by atoms with E-state index >= 15 is 0 Å². The Morgan fingerprint density at radius 1 is 1.69 bits per heavy atom. The maximum absolute atomic E-state index is 11.8. The average molecular weight is 223 g/mol. The summed E-state index contributed by atoms with van der Waals surface area (Å²) in [5, 5.41) is 2.84. The number of amides is 1. The van der Waals surface area contributed by atoms with E-state index in [1.165, 1.54) is 0 Å². The first kappa shape index (κ1) is 12.4. The second-order valence-corrected chi connectivity index (χ2v) is 3.47. The van der Waals surface area contributed by atoms with E-state index in [0.717, 1.165) is 6.42 Å². The molecule has 1 atom stereocenters. The zero-order valence-corrected chi connectivity index (χ0v) is 9.56. The van der Waals surface area contributed by atoms with Crippen molar-refractivity contribution in [2.75, 3.05) is 19.5 Å². The van der Waals surface area contributed by atoms with Crippen LogP contribution in [0.2, 0.25) is 0 Å². The van der Waals surface area contributed by atoms with Gasteiger partial charge >= 0.3 is 0 Å². The first-order valence-electron chi connectivity index (χ1n) is 5.19. The number of rotatable bonds is 5. The highest BCUT2D eigenvalue weighted by molar-refractivity contribution is 5.98. The highest BCUT2D eigenvalue weighted by atomic mass is 16.5. The Balaban J connectivity index is 2.68. The minimum atomic E-state index is -0.213. The Morgan fingerprint density at radius 3 is 3.00 bits per heavy atom. The zero-order chi connectivity index (χ0) is 12.0. The number of pyridine rings is 1. The number of anilines is 1. The molecular weight excluding hydrogens is 206 g/mol. The molecule has 0 bridgehead atoms. The summed E-state index contributed by atoms with van der Waals surface area (Å²) in [5.74, 6) is 0.0294. The topological polar surface area (TPSA) is 77.2 Å². The summed E-state index contributed by atoms with van der Waals surface area (Å²) in [7, 11) is 1.60. The number of hydrogen-bond acceptors (Lipinski definition) is 4. The van der Waals surface area contributed by atoms with Gasteiger partial charge in [-0.15, -0.1) is 0 Å². The molecule has 0 aliphatic heterocycles. The van der Waals surface area contributed by atoms with E-state index in [1.807, 2.05) is 6.92 Å². The second kappa shape index (κ2) is 6.07. The van der Waals surface area contributed by atoms with E-state index in [0.29, 0.717) is 12.2 Å². The molecule has 1 amide bonds. The Morgan fingerprint density at radius 2 is 2.44 bits per heavy atom. The highest BCUT2D eigenvalue weighted by Gasteiger charge is 2.14. The lowest BCUT2D eigenvalue weighted by Gasteiger charge is -2.16. The third kappa shape index (κ3) is 3.20. The summed E-state index contributed by atoms with van der Waals surface area (Å²) < 4.78 is 5.00. The number of carbonyl (C=O) groups is 1. The van der Waals surface area contributed by atoms with Crippen LogP contribution in [0.1, 0.15) is 23.7 Å². The molecule has 1 unspecified atom stereocenters. The van der Waals surface area contributed by atoms with Gasteiger partial charge in [-0.2, -0.15) is 0 Å². The number of aromatic nitrogens is 1. The first-order valence-corrected chi connectivity index (χ1v) is 5.19. The van der Waals surface area contributed by atoms with E-state index in [9.17, 15) is 4.79 Å². The van der Waals surface area contributed by atoms with Crippen LogP contribution in [0.25, 0.3) is 0 Å². The lowest BCUT2D eigenvalue weighted by Crippen LogP contribution is -2.37. The predicted molar refractivity (Wildman–Crippen MR) is 62.1 cm³/mol. The molecule has 0 aromatic carbocycles. The number of nitrogens with one attached hydrogen (secondary N) is 1. The molecule has 1 aromatic rings. The van der Waals surface area contributed by atoms with E-state index in [1.54, 1.807) is 25.4 Å². The monoisotopic (exact) mass is 223 g/mol. The molecule has 0 spiro atoms. The van der Waals surface area contributed by atoms with Crippen molar-refractivity contribution in [1.82, 2.24) is 10.3 Å². The molecule has 1 aromatic heterocycles. The molecule has 88 valence electrons. The van der Waals surface area contributed by atoms with Gasteiger partial charge in [0.25, 0.3) is 5.91 Å². The van der Waals surface area contributed by atoms with Crippen LogP contribution >= 0.6 is 0 Å². The summed E-state index contributed by atoms with van der Waals surface area (Å²) in [5.41, 5.74) is 6.01. The Hall–Kier alpha value is -1.62. The van der Waals surface area contributed by atoms with Gasteiger partial charge in [0.2, 0.25) is 0 Å². The summed E-state index contributed by atoms with van der Waals surface area (Å²) in [6.07, 6.45) is 2.36. The fraction of sp³-hybridized carbons (Fsp3) is 0.455. The summed E-state index contributed by atoms with van der Waals surface area (Å²) >= 11 is 0. The van der Waals surface area contributed by atoms with Crippen molar-refractivity contribution in [2.45, 2.75) is 19.4 Å². The average Bonchev–Trinajstić information content (AvgIpc) is 2.28. The maximum Gasteiger partial charge on any atom is 0.255 e. The van der Waals surface area contributed by atoms with Gasteiger partial charge in [-0.3, -0.25) is 4.79 Å². The number of methoxy groups -OCH3 is 1. The number of nitrogens with two attached hydrogens (primary N) is 1. The predicted octanol–water partition coefficient (Wildman–Crippen LogP) is 0.819. The van der Waals surface area contributed by atoms with E-state index < -0.39 is 0 Å². The molecule has 3 N–H and O–H groups in total. The molecule has 0 radical (unpaired) electrons. The second-order valence-electron chi connectivity index (χ2n) is 3.47. The molecule has 0 saturated carbocycles. The molecule has 1 rings (SSSR count). The molecule has 0 fully saturated rings. The summed E-state index contributed by atoms with van der Waals surface area (Å²) in [4.78, 5) is 15.7. The van der Waals surface area contributed by atoms with Crippen LogP contribution in [0.15, 0.2) is 18.3 Å². The van der Waals surface area contributed by atoms with Gasteiger partial charge in [-0.25, -0.2) is 4.98 Å². The zero-order valence-electron chi connectivity index (χ0n) is 9.56. The SMILES string of the molecule is CCC(COC)NC(=O)c1cccnc1N. The van der Waals surface area contributed by atoms with Gasteiger partial charge in [0, 0.05) is 13.3 Å². The van der Waals surface area contributed by atoms with Crippen molar-refractivity contribution in [1.29, 1.82) is 0 Å². The van der Waals surface area contributed by atoms with Crippen molar-refractivity contribution >= 4 is 11.7 Å². The standard InChI is InChI=1S/C11H17N3O2/c1-3-8(7-16-2)14-11(15)9-5-4-6-13-10(9)12/h4-6,8H,3,7H2,1-2H3,(H2,12,13)(H,14,15). The van der Waals surface area contributed by atoms with Gasteiger partial charge in [0.05, 0.1) is 18.2 Å². The van der Waals surface area contributed by atoms with Gasteiger partial charge in [0.1, 0.15) is 5.82 Å². The smallest absolute Gasteiger partial charge is 0.255 e. The van der Waals surface area contributed by atoms with Crippen LogP contribution in [0.3, 0.4) is 0 Å². The van der Waals surface area contributed by atoms with E-state index in [-0.39, 0.29) is 17.8 Å². The van der Waals surface area contributed by atoms with Crippen molar-refractivity contribution in [3.8, 4) is 0 Å². The summed E-state index contributed by atoms with van der Waals surface area (Å²) in [6.45, 7) is 2.47. The van der Waals surface area contributed by atoms with Gasteiger partial charge in [0.15, 0.2) is 0 Å². The van der Waals surface area contributed by atoms with E-state index in [4.69, 9.17) is 10.5 Å². The quantitative estimate of drug-likeness (QED) is 0.774. The van der Waals surface area contributed by atoms with Gasteiger partial charge in [-0.1, -0.05) is 6.92 Å². The molecule has 5 nitrogen and oxygen atoms in total. The van der Waals surface area contributed by atoms with Crippen molar-refractivity contribution in [3.63, 3.8) is 0 Å². The summed E-state index contributed by atoms with van der Waals surface area (Å²) in [6, 6.07) is 3.33. The number of ether oxygens (including phenoxy) is 1. The Kier molecular flexibility index (Phi) is 4.72. The van der Waals surface area contributed by atoms with Crippen LogP contribution < -0.4 is 11.1 Å². The Bertz CT molecular complexity index is 355. The fourth-order valence-electron chi connectivity index (χ4n) is 1.34. The maximum atomic E-state index is 11.8. The fourth-order valence-corrected chi connectivity index (χ4v) is 1.34. The van der Waals surface area contributed by atoms with Crippen LogP contribution in [-0.2, 0) is 4.74 Å². The molecule has 16 heavy (non-hydrogen) atoms. The minimum Gasteiger partial charge on any atom is -0.383 e. The van der Waals surface area contributed by atoms with Crippen molar-refractivity contribution in [3.05, 3.63) is 23.9 Å². The van der Waals surface area contributed by atoms with Gasteiger partial charge in [-0.05, 0) is 18.6 Å². The molecule has 0 saturated heterocycles. The van der Waals surface area contributed by atoms with Crippen LogP contribution in [0, 0.1) is 0 Å². The number of hydrogen-bond donors (Lipinski definition) is 2. The lowest BCUT2D eigenvalue weighted by molar-refractivity contribution is 0.0895. The molecule has 5 heteroatoms. The first-order chi connectivity index (χ1) is 7.69. The van der Waals surface area contributed by atoms with Crippen LogP contribution in [0.4, 0.5) is 5.82 Å². The number of nitrogens with zero attached hydrogens (tertiary/aromatic N) is 1. The highest BCUT2D eigenvalue weighted by Crippen LogP contribution is 2.07. The third-order valence-corrected chi connectivity index (χ3v) is 2.28. The molecular formula is C11H17N3O2. The molecule has 0 aliphatic carbocycles. The molecule has 0 aliphatic rings. The van der Waals surface area contributed by atoms with Crippen molar-refractivity contribution in [2.24, 2.45) is 0 Å². The third-order valence-electron chi connectivity index (χ3n) is 2.28. The van der Waals surface area contributed by atoms with Crippen LogP contribution in [0.5, 0.6) is 0 Å². The van der Waals surface area contributed by atoms with Gasteiger partial charge < -0.3 is 15.8 Å². The van der Waals surface area contributed by atoms with Crippen LogP contribution in [-0.4, -0.2) is 30.6 Å². The minimum absolute atomic E-state index is 0.00268. The van der Waals surface area contributed by atoms with Crippen molar-refractivity contribution < 1.29 is 9.53 Å². The lowest BCUT2D eigenvalue weighted by atomic mass is 10.2. The molecule has 1 heterocycles. The normalized spacial score (nSPS) is 12.1. The number of carbonyl (C=O) groups excluding carboxylic acids is 1. The number of nitrogen functional groups attached to an aromatic ring is 1. The Labute approximate surface area is 95.0 Å². The van der Waals surface area contributed by atoms with E-state index in [2.05, 4.69) is 10.3 Å². The largest absolute Gasteiger partial charge is 0.383 e.